The van der Waals surface area contributed by atoms with E-state index in [-0.39, 0.29) is 5.25 Å². The van der Waals surface area contributed by atoms with Gasteiger partial charge in [0.2, 0.25) is 0 Å². The molecular formula is C8H19NOS. The Kier molecular flexibility index (Phi) is 4.08. The molecule has 0 aromatic rings. The predicted octanol–water partition coefficient (Wildman–Crippen LogP) is 2.49. The largest absolute Gasteiger partial charge is 0.253 e. The van der Waals surface area contributed by atoms with Gasteiger partial charge in [-0.1, -0.05) is 20.8 Å². The standard InChI is InChI=1S/C8H19NOS/c1-5-8(4)11(9,10)6-7(2)3/h7-9H,5-6H2,1-4H3/t8-,11-/m0/s1. The topological polar surface area (TPSA) is 40.9 Å². The van der Waals surface area contributed by atoms with Crippen LogP contribution in [0.15, 0.2) is 0 Å². The Hall–Kier alpha value is -0.0500. The minimum atomic E-state index is -2.31. The highest BCUT2D eigenvalue weighted by atomic mass is 32.2. The molecule has 0 aliphatic heterocycles. The number of hydrogen-bond acceptors (Lipinski definition) is 2. The molecule has 11 heavy (non-hydrogen) atoms. The summed E-state index contributed by atoms with van der Waals surface area (Å²) in [5.74, 6) is 0.913. The molecule has 0 unspecified atom stereocenters. The van der Waals surface area contributed by atoms with Gasteiger partial charge in [0.25, 0.3) is 0 Å². The lowest BCUT2D eigenvalue weighted by atomic mass is 10.3. The van der Waals surface area contributed by atoms with E-state index in [2.05, 4.69) is 0 Å². The third-order valence-corrected chi connectivity index (χ3v) is 4.60. The van der Waals surface area contributed by atoms with Crippen LogP contribution in [-0.4, -0.2) is 15.2 Å². The molecule has 68 valence electrons. The van der Waals surface area contributed by atoms with E-state index >= 15 is 0 Å². The first-order valence-corrected chi connectivity index (χ1v) is 5.94. The van der Waals surface area contributed by atoms with E-state index in [1.807, 2.05) is 27.7 Å². The van der Waals surface area contributed by atoms with Crippen molar-refractivity contribution in [3.63, 3.8) is 0 Å². The van der Waals surface area contributed by atoms with Crippen molar-refractivity contribution in [2.24, 2.45) is 5.92 Å². The quantitative estimate of drug-likeness (QED) is 0.704. The van der Waals surface area contributed by atoms with Gasteiger partial charge < -0.3 is 0 Å². The molecule has 0 rings (SSSR count). The molecule has 0 radical (unpaired) electrons. The van der Waals surface area contributed by atoms with Crippen LogP contribution in [0.2, 0.25) is 0 Å². The van der Waals surface area contributed by atoms with Gasteiger partial charge in [0, 0.05) is 20.7 Å². The first kappa shape index (κ1) is 11.0. The average molecular weight is 177 g/mol. The zero-order chi connectivity index (χ0) is 9.07. The van der Waals surface area contributed by atoms with Crippen LogP contribution < -0.4 is 0 Å². The third kappa shape index (κ3) is 3.75. The summed E-state index contributed by atoms with van der Waals surface area (Å²) in [7, 11) is -2.31. The predicted molar refractivity (Wildman–Crippen MR) is 50.3 cm³/mol. The summed E-state index contributed by atoms with van der Waals surface area (Å²) >= 11 is 0. The second kappa shape index (κ2) is 4.10. The van der Waals surface area contributed by atoms with E-state index < -0.39 is 9.73 Å². The monoisotopic (exact) mass is 177 g/mol. The van der Waals surface area contributed by atoms with Crippen LogP contribution in [0.25, 0.3) is 0 Å². The Labute approximate surface area is 70.4 Å². The molecule has 0 saturated heterocycles. The SMILES string of the molecule is CC[C@H](C)[S@@](=N)(=O)CC(C)C. The molecule has 0 bridgehead atoms. The summed E-state index contributed by atoms with van der Waals surface area (Å²) < 4.78 is 19.2. The van der Waals surface area contributed by atoms with Gasteiger partial charge in [-0.3, -0.25) is 4.78 Å². The highest BCUT2D eigenvalue weighted by Crippen LogP contribution is 2.10. The van der Waals surface area contributed by atoms with Gasteiger partial charge in [0.1, 0.15) is 0 Å². The van der Waals surface area contributed by atoms with Crippen LogP contribution in [0.3, 0.4) is 0 Å². The second-order valence-corrected chi connectivity index (χ2v) is 6.10. The van der Waals surface area contributed by atoms with Crippen molar-refractivity contribution in [2.75, 3.05) is 5.75 Å². The summed E-state index contributed by atoms with van der Waals surface area (Å²) in [6.07, 6.45) is 0.842. The highest BCUT2D eigenvalue weighted by Gasteiger charge is 2.15. The summed E-state index contributed by atoms with van der Waals surface area (Å²) in [5.41, 5.74) is 0. The Bertz CT molecular complexity index is 194. The van der Waals surface area contributed by atoms with Crippen molar-refractivity contribution >= 4 is 9.73 Å². The summed E-state index contributed by atoms with van der Waals surface area (Å²) in [6, 6.07) is 0. The van der Waals surface area contributed by atoms with Gasteiger partial charge in [0.15, 0.2) is 0 Å². The van der Waals surface area contributed by atoms with Crippen LogP contribution >= 0.6 is 0 Å². The van der Waals surface area contributed by atoms with Crippen LogP contribution in [0.5, 0.6) is 0 Å². The van der Waals surface area contributed by atoms with E-state index in [0.29, 0.717) is 11.7 Å². The molecule has 0 aromatic carbocycles. The summed E-state index contributed by atoms with van der Waals surface area (Å²) in [6.45, 7) is 7.91. The van der Waals surface area contributed by atoms with Crippen molar-refractivity contribution in [3.05, 3.63) is 0 Å². The smallest absolute Gasteiger partial charge is 0.0470 e. The van der Waals surface area contributed by atoms with Gasteiger partial charge in [-0.05, 0) is 19.3 Å². The van der Waals surface area contributed by atoms with Crippen molar-refractivity contribution in [1.82, 2.24) is 0 Å². The molecule has 3 heteroatoms. The molecule has 2 atom stereocenters. The van der Waals surface area contributed by atoms with E-state index in [1.54, 1.807) is 0 Å². The lowest BCUT2D eigenvalue weighted by molar-refractivity contribution is 0.641. The fraction of sp³-hybridized carbons (Fsp3) is 1.00. The number of nitrogens with one attached hydrogen (secondary N) is 1. The number of hydrogen-bond donors (Lipinski definition) is 1. The molecule has 0 aliphatic rings. The molecule has 0 heterocycles. The van der Waals surface area contributed by atoms with Crippen molar-refractivity contribution in [1.29, 1.82) is 4.78 Å². The molecule has 0 spiro atoms. The van der Waals surface area contributed by atoms with Gasteiger partial charge >= 0.3 is 0 Å². The lowest BCUT2D eigenvalue weighted by Gasteiger charge is -2.15. The van der Waals surface area contributed by atoms with Gasteiger partial charge in [0.05, 0.1) is 0 Å². The molecule has 0 amide bonds. The Morgan fingerprint density at radius 1 is 1.36 bits per heavy atom. The fourth-order valence-corrected chi connectivity index (χ4v) is 2.79. The normalized spacial score (nSPS) is 19.7. The molecule has 2 nitrogen and oxygen atoms in total. The highest BCUT2D eigenvalue weighted by molar-refractivity contribution is 7.93. The maximum atomic E-state index is 11.6. The third-order valence-electron chi connectivity index (χ3n) is 1.81. The van der Waals surface area contributed by atoms with Gasteiger partial charge in [-0.25, -0.2) is 4.21 Å². The zero-order valence-electron chi connectivity index (χ0n) is 7.89. The molecule has 0 fully saturated rings. The Morgan fingerprint density at radius 3 is 2.09 bits per heavy atom. The van der Waals surface area contributed by atoms with Crippen molar-refractivity contribution < 1.29 is 4.21 Å². The minimum Gasteiger partial charge on any atom is -0.253 e. The van der Waals surface area contributed by atoms with Gasteiger partial charge in [-0.2, -0.15) is 0 Å². The van der Waals surface area contributed by atoms with Crippen molar-refractivity contribution in [2.45, 2.75) is 39.4 Å². The van der Waals surface area contributed by atoms with Crippen LogP contribution in [0.4, 0.5) is 0 Å². The first-order valence-electron chi connectivity index (χ1n) is 4.15. The first-order chi connectivity index (χ1) is 4.90. The maximum Gasteiger partial charge on any atom is 0.0470 e. The lowest BCUT2D eigenvalue weighted by Crippen LogP contribution is -2.21. The zero-order valence-corrected chi connectivity index (χ0v) is 8.70. The molecule has 0 saturated carbocycles. The fourth-order valence-electron chi connectivity index (χ4n) is 0.929. The van der Waals surface area contributed by atoms with Gasteiger partial charge in [-0.15, -0.1) is 0 Å². The Balaban J connectivity index is 4.23. The van der Waals surface area contributed by atoms with E-state index in [0.717, 1.165) is 6.42 Å². The second-order valence-electron chi connectivity index (χ2n) is 3.51. The summed E-state index contributed by atoms with van der Waals surface area (Å²) in [4.78, 5) is 0. The molecule has 1 N–H and O–H groups in total. The van der Waals surface area contributed by atoms with E-state index in [1.165, 1.54) is 0 Å². The van der Waals surface area contributed by atoms with Crippen molar-refractivity contribution in [3.8, 4) is 0 Å². The Morgan fingerprint density at radius 2 is 1.82 bits per heavy atom. The van der Waals surface area contributed by atoms with E-state index in [4.69, 9.17) is 4.78 Å². The van der Waals surface area contributed by atoms with Crippen LogP contribution in [0, 0.1) is 10.7 Å². The minimum absolute atomic E-state index is 0.0462. The van der Waals surface area contributed by atoms with E-state index in [9.17, 15) is 4.21 Å². The summed E-state index contributed by atoms with van der Waals surface area (Å²) in [5, 5.41) is 0.0462. The van der Waals surface area contributed by atoms with Crippen LogP contribution in [0.1, 0.15) is 34.1 Å². The average Bonchev–Trinajstić information content (AvgIpc) is 1.83. The maximum absolute atomic E-state index is 11.6. The molecule has 0 aromatic heterocycles. The van der Waals surface area contributed by atoms with Crippen LogP contribution in [-0.2, 0) is 9.73 Å². The molecule has 0 aliphatic carbocycles. The number of rotatable bonds is 4. The molecular weight excluding hydrogens is 158 g/mol.